The van der Waals surface area contributed by atoms with Gasteiger partial charge in [0.15, 0.2) is 0 Å². The van der Waals surface area contributed by atoms with E-state index in [2.05, 4.69) is 21.2 Å². The van der Waals surface area contributed by atoms with Crippen LogP contribution >= 0.6 is 15.9 Å². The van der Waals surface area contributed by atoms with Crippen LogP contribution in [0.1, 0.15) is 26.7 Å². The van der Waals surface area contributed by atoms with Crippen molar-refractivity contribution in [3.63, 3.8) is 0 Å². The van der Waals surface area contributed by atoms with Crippen LogP contribution in [0.25, 0.3) is 0 Å². The highest BCUT2D eigenvalue weighted by atomic mass is 79.9. The molecule has 1 aromatic rings. The van der Waals surface area contributed by atoms with E-state index in [1.807, 2.05) is 19.9 Å². The molecule has 0 aromatic heterocycles. The summed E-state index contributed by atoms with van der Waals surface area (Å²) in [4.78, 5) is 0.351. The monoisotopic (exact) mass is 374 g/mol. The van der Waals surface area contributed by atoms with Crippen LogP contribution in [0.4, 0.5) is 0 Å². The summed E-state index contributed by atoms with van der Waals surface area (Å²) in [7, 11) is -3.47. The van der Waals surface area contributed by atoms with Crippen LogP contribution in [0.15, 0.2) is 33.6 Å². The highest BCUT2D eigenvalue weighted by Crippen LogP contribution is 2.26. The first-order chi connectivity index (χ1) is 9.91. The zero-order valence-corrected chi connectivity index (χ0v) is 15.0. The average Bonchev–Trinajstić information content (AvgIpc) is 2.90. The minimum atomic E-state index is -3.47. The van der Waals surface area contributed by atoms with Crippen molar-refractivity contribution in [1.29, 1.82) is 0 Å². The normalized spacial score (nSPS) is 19.6. The minimum absolute atomic E-state index is 0.265. The summed E-state index contributed by atoms with van der Waals surface area (Å²) in [5, 5.41) is 3.38. The van der Waals surface area contributed by atoms with E-state index in [-0.39, 0.29) is 6.04 Å². The maximum atomic E-state index is 12.9. The fraction of sp³-hybridized carbons (Fsp3) is 0.600. The van der Waals surface area contributed by atoms with Gasteiger partial charge in [-0.1, -0.05) is 26.0 Å². The van der Waals surface area contributed by atoms with Crippen molar-refractivity contribution < 1.29 is 8.42 Å². The summed E-state index contributed by atoms with van der Waals surface area (Å²) >= 11 is 3.36. The van der Waals surface area contributed by atoms with E-state index in [1.165, 1.54) is 0 Å². The van der Waals surface area contributed by atoms with Crippen molar-refractivity contribution in [2.45, 2.75) is 37.6 Å². The number of nitrogens with one attached hydrogen (secondary N) is 1. The lowest BCUT2D eigenvalue weighted by molar-refractivity contribution is 0.336. The summed E-state index contributed by atoms with van der Waals surface area (Å²) < 4.78 is 28.1. The minimum Gasteiger partial charge on any atom is -0.313 e. The quantitative estimate of drug-likeness (QED) is 0.832. The van der Waals surface area contributed by atoms with Gasteiger partial charge < -0.3 is 5.32 Å². The van der Waals surface area contributed by atoms with Crippen LogP contribution in [-0.2, 0) is 10.0 Å². The van der Waals surface area contributed by atoms with Crippen molar-refractivity contribution in [1.82, 2.24) is 9.62 Å². The van der Waals surface area contributed by atoms with E-state index < -0.39 is 10.0 Å². The number of hydrogen-bond donors (Lipinski definition) is 1. The van der Waals surface area contributed by atoms with Crippen molar-refractivity contribution >= 4 is 26.0 Å². The molecule has 118 valence electrons. The number of benzene rings is 1. The van der Waals surface area contributed by atoms with Gasteiger partial charge in [0.25, 0.3) is 0 Å². The van der Waals surface area contributed by atoms with Crippen LogP contribution in [-0.4, -0.2) is 38.4 Å². The number of hydrogen-bond acceptors (Lipinski definition) is 3. The molecule has 1 unspecified atom stereocenters. The average molecular weight is 375 g/mol. The number of nitrogens with zero attached hydrogens (tertiary/aromatic N) is 1. The molecule has 1 aliphatic heterocycles. The summed E-state index contributed by atoms with van der Waals surface area (Å²) in [5.41, 5.74) is 0. The predicted molar refractivity (Wildman–Crippen MR) is 88.8 cm³/mol. The molecular weight excluding hydrogens is 352 g/mol. The van der Waals surface area contributed by atoms with Crippen molar-refractivity contribution in [2.24, 2.45) is 5.92 Å². The van der Waals surface area contributed by atoms with E-state index >= 15 is 0 Å². The Morgan fingerprint density at radius 2 is 2.10 bits per heavy atom. The Bertz CT molecular complexity index is 569. The van der Waals surface area contributed by atoms with Gasteiger partial charge in [0.1, 0.15) is 0 Å². The topological polar surface area (TPSA) is 49.4 Å². The second kappa shape index (κ2) is 7.22. The van der Waals surface area contributed by atoms with Gasteiger partial charge in [-0.05, 0) is 53.4 Å². The molecule has 0 aliphatic carbocycles. The summed E-state index contributed by atoms with van der Waals surface area (Å²) in [6.45, 7) is 6.16. The van der Waals surface area contributed by atoms with E-state index in [9.17, 15) is 8.42 Å². The fourth-order valence-corrected chi connectivity index (χ4v) is 5.24. The SMILES string of the molecule is CC(C)CN(CC1CCCN1)S(=O)(=O)c1ccccc1Br. The molecule has 0 bridgehead atoms. The molecule has 1 atom stereocenters. The Labute approximate surface area is 136 Å². The molecule has 1 fully saturated rings. The van der Waals surface area contributed by atoms with Crippen molar-refractivity contribution in [2.75, 3.05) is 19.6 Å². The molecule has 1 saturated heterocycles. The summed E-state index contributed by atoms with van der Waals surface area (Å²) in [6, 6.07) is 7.29. The van der Waals surface area contributed by atoms with Gasteiger partial charge in [0, 0.05) is 23.6 Å². The van der Waals surface area contributed by atoms with E-state index in [1.54, 1.807) is 22.5 Å². The van der Waals surface area contributed by atoms with Gasteiger partial charge >= 0.3 is 0 Å². The molecule has 0 radical (unpaired) electrons. The molecule has 0 spiro atoms. The molecule has 0 saturated carbocycles. The Balaban J connectivity index is 2.27. The first-order valence-electron chi connectivity index (χ1n) is 7.39. The molecule has 21 heavy (non-hydrogen) atoms. The Morgan fingerprint density at radius 1 is 1.38 bits per heavy atom. The second-order valence-corrected chi connectivity index (χ2v) is 8.70. The van der Waals surface area contributed by atoms with Gasteiger partial charge in [-0.3, -0.25) is 0 Å². The molecule has 1 aliphatic rings. The van der Waals surface area contributed by atoms with Crippen LogP contribution < -0.4 is 5.32 Å². The van der Waals surface area contributed by atoms with Gasteiger partial charge in [0.2, 0.25) is 10.0 Å². The van der Waals surface area contributed by atoms with Gasteiger partial charge in [0.05, 0.1) is 4.90 Å². The molecule has 4 nitrogen and oxygen atoms in total. The van der Waals surface area contributed by atoms with Crippen LogP contribution in [0.2, 0.25) is 0 Å². The van der Waals surface area contributed by atoms with Gasteiger partial charge in [-0.2, -0.15) is 4.31 Å². The highest BCUT2D eigenvalue weighted by Gasteiger charge is 2.30. The molecule has 2 rings (SSSR count). The molecule has 1 aromatic carbocycles. The van der Waals surface area contributed by atoms with Crippen LogP contribution in [0.3, 0.4) is 0 Å². The van der Waals surface area contributed by atoms with Crippen LogP contribution in [0, 0.1) is 5.92 Å². The van der Waals surface area contributed by atoms with Gasteiger partial charge in [-0.15, -0.1) is 0 Å². The standard InChI is InChI=1S/C15H23BrN2O2S/c1-12(2)10-18(11-13-6-5-9-17-13)21(19,20)15-8-4-3-7-14(15)16/h3-4,7-8,12-13,17H,5-6,9-11H2,1-2H3. The fourth-order valence-electron chi connectivity index (χ4n) is 2.63. The molecule has 0 amide bonds. The molecule has 1 heterocycles. The number of sulfonamides is 1. The van der Waals surface area contributed by atoms with Crippen molar-refractivity contribution in [3.8, 4) is 0 Å². The largest absolute Gasteiger partial charge is 0.313 e. The Kier molecular flexibility index (Phi) is 5.82. The van der Waals surface area contributed by atoms with E-state index in [0.29, 0.717) is 28.4 Å². The van der Waals surface area contributed by atoms with E-state index in [4.69, 9.17) is 0 Å². The first-order valence-corrected chi connectivity index (χ1v) is 9.62. The maximum absolute atomic E-state index is 12.9. The smallest absolute Gasteiger partial charge is 0.244 e. The van der Waals surface area contributed by atoms with E-state index in [0.717, 1.165) is 19.4 Å². The third kappa shape index (κ3) is 4.28. The summed E-state index contributed by atoms with van der Waals surface area (Å²) in [6.07, 6.45) is 2.16. The number of rotatable bonds is 6. The maximum Gasteiger partial charge on any atom is 0.244 e. The molecule has 1 N–H and O–H groups in total. The number of halogens is 1. The third-order valence-corrected chi connectivity index (χ3v) is 6.45. The Morgan fingerprint density at radius 3 is 2.67 bits per heavy atom. The summed E-state index contributed by atoms with van der Waals surface area (Å²) in [5.74, 6) is 0.295. The van der Waals surface area contributed by atoms with Crippen LogP contribution in [0.5, 0.6) is 0 Å². The van der Waals surface area contributed by atoms with Crippen molar-refractivity contribution in [3.05, 3.63) is 28.7 Å². The lowest BCUT2D eigenvalue weighted by Gasteiger charge is -2.27. The lowest BCUT2D eigenvalue weighted by atomic mass is 10.2. The first kappa shape index (κ1) is 16.9. The van der Waals surface area contributed by atoms with Gasteiger partial charge in [-0.25, -0.2) is 8.42 Å². The zero-order valence-electron chi connectivity index (χ0n) is 12.5. The Hall–Kier alpha value is -0.430. The second-order valence-electron chi connectivity index (χ2n) is 5.94. The predicted octanol–water partition coefficient (Wildman–Crippen LogP) is 2.85. The highest BCUT2D eigenvalue weighted by molar-refractivity contribution is 9.10. The molecular formula is C15H23BrN2O2S. The zero-order chi connectivity index (χ0) is 15.5. The lowest BCUT2D eigenvalue weighted by Crippen LogP contribution is -2.42. The molecule has 6 heteroatoms. The third-order valence-electron chi connectivity index (χ3n) is 3.61.